The van der Waals surface area contributed by atoms with Gasteiger partial charge in [0, 0.05) is 29.6 Å². The smallest absolute Gasteiger partial charge is 0.257 e. The van der Waals surface area contributed by atoms with E-state index in [4.69, 9.17) is 4.74 Å². The summed E-state index contributed by atoms with van der Waals surface area (Å²) in [5.41, 5.74) is 2.05. The van der Waals surface area contributed by atoms with Crippen LogP contribution in [0.25, 0.3) is 11.3 Å². The summed E-state index contributed by atoms with van der Waals surface area (Å²) in [7, 11) is -1.93. The highest BCUT2D eigenvalue weighted by Crippen LogP contribution is 2.27. The molecule has 1 saturated heterocycles. The highest BCUT2D eigenvalue weighted by molar-refractivity contribution is 7.89. The maximum atomic E-state index is 12.9. The number of carbonyl (C=O) groups excluding carboxylic acids is 1. The van der Waals surface area contributed by atoms with E-state index in [9.17, 15) is 13.2 Å². The van der Waals surface area contributed by atoms with Gasteiger partial charge in [-0.25, -0.2) is 13.4 Å². The first-order valence-electron chi connectivity index (χ1n) is 10.4. The van der Waals surface area contributed by atoms with Gasteiger partial charge < -0.3 is 4.74 Å². The van der Waals surface area contributed by atoms with Crippen LogP contribution in [0.1, 0.15) is 30.1 Å². The Hall–Kier alpha value is -2.75. The fraction of sp³-hybridized carbons (Fsp3) is 0.304. The fourth-order valence-electron chi connectivity index (χ4n) is 3.69. The molecule has 1 amide bonds. The van der Waals surface area contributed by atoms with Crippen molar-refractivity contribution >= 4 is 32.4 Å². The molecular weight excluding hydrogens is 446 g/mol. The van der Waals surface area contributed by atoms with Crippen molar-refractivity contribution in [2.45, 2.75) is 24.7 Å². The maximum absolute atomic E-state index is 12.9. The predicted octanol–water partition coefficient (Wildman–Crippen LogP) is 4.49. The Morgan fingerprint density at radius 2 is 1.88 bits per heavy atom. The molecule has 1 N–H and O–H groups in total. The molecule has 1 atom stereocenters. The summed E-state index contributed by atoms with van der Waals surface area (Å²) in [5, 5.41) is 5.12. The van der Waals surface area contributed by atoms with Gasteiger partial charge in [-0.15, -0.1) is 11.3 Å². The number of ether oxygens (including phenoxy) is 1. The van der Waals surface area contributed by atoms with E-state index in [2.05, 4.69) is 17.2 Å². The average molecular weight is 472 g/mol. The van der Waals surface area contributed by atoms with Crippen LogP contribution < -0.4 is 10.1 Å². The van der Waals surface area contributed by atoms with Gasteiger partial charge in [0.05, 0.1) is 17.7 Å². The van der Waals surface area contributed by atoms with Crippen LogP contribution in [0.15, 0.2) is 58.8 Å². The number of anilines is 1. The zero-order valence-electron chi connectivity index (χ0n) is 17.9. The van der Waals surface area contributed by atoms with Crippen LogP contribution in [0.5, 0.6) is 5.75 Å². The van der Waals surface area contributed by atoms with Crippen LogP contribution in [0.3, 0.4) is 0 Å². The summed E-state index contributed by atoms with van der Waals surface area (Å²) in [5.74, 6) is 0.776. The minimum Gasteiger partial charge on any atom is -0.497 e. The van der Waals surface area contributed by atoms with Gasteiger partial charge in [0.1, 0.15) is 5.75 Å². The Balaban J connectivity index is 1.43. The average Bonchev–Trinajstić information content (AvgIpc) is 3.27. The summed E-state index contributed by atoms with van der Waals surface area (Å²) in [6.07, 6.45) is 1.91. The lowest BCUT2D eigenvalue weighted by atomic mass is 10.0. The molecule has 0 aliphatic carbocycles. The Bertz CT molecular complexity index is 1190. The third kappa shape index (κ3) is 4.85. The molecule has 0 saturated carbocycles. The highest BCUT2D eigenvalue weighted by atomic mass is 32.2. The molecule has 7 nitrogen and oxygen atoms in total. The molecule has 1 aliphatic heterocycles. The number of piperidine rings is 1. The van der Waals surface area contributed by atoms with Gasteiger partial charge in [-0.1, -0.05) is 6.92 Å². The molecule has 4 rings (SSSR count). The minimum absolute atomic E-state index is 0.208. The largest absolute Gasteiger partial charge is 0.497 e. The summed E-state index contributed by atoms with van der Waals surface area (Å²) >= 11 is 1.33. The van der Waals surface area contributed by atoms with E-state index in [-0.39, 0.29) is 10.8 Å². The fourth-order valence-corrected chi connectivity index (χ4v) is 6.00. The monoisotopic (exact) mass is 471 g/mol. The van der Waals surface area contributed by atoms with E-state index in [0.717, 1.165) is 29.8 Å². The SMILES string of the molecule is COc1ccc(-c2csc(NC(=O)c3ccc(S(=O)(=O)N4CCCC(C)C4)cc3)n2)cc1. The maximum Gasteiger partial charge on any atom is 0.257 e. The second-order valence-corrected chi connectivity index (χ2v) is 10.7. The van der Waals surface area contributed by atoms with Gasteiger partial charge in [0.2, 0.25) is 10.0 Å². The first-order valence-corrected chi connectivity index (χ1v) is 12.7. The van der Waals surface area contributed by atoms with Gasteiger partial charge in [0.25, 0.3) is 5.91 Å². The lowest BCUT2D eigenvalue weighted by molar-refractivity contribution is 0.102. The van der Waals surface area contributed by atoms with Crippen LogP contribution in [0, 0.1) is 5.92 Å². The first-order chi connectivity index (χ1) is 15.4. The van der Waals surface area contributed by atoms with Crippen molar-refractivity contribution in [3.05, 3.63) is 59.5 Å². The van der Waals surface area contributed by atoms with Crippen LogP contribution >= 0.6 is 11.3 Å². The molecule has 1 aliphatic rings. The Morgan fingerprint density at radius 3 is 2.53 bits per heavy atom. The van der Waals surface area contributed by atoms with Crippen molar-refractivity contribution in [1.82, 2.24) is 9.29 Å². The Labute approximate surface area is 192 Å². The molecule has 0 spiro atoms. The van der Waals surface area contributed by atoms with Crippen molar-refractivity contribution in [1.29, 1.82) is 0 Å². The molecule has 32 heavy (non-hydrogen) atoms. The van der Waals surface area contributed by atoms with E-state index in [1.807, 2.05) is 29.6 Å². The third-order valence-corrected chi connectivity index (χ3v) is 8.12. The molecule has 1 aromatic heterocycles. The molecule has 0 radical (unpaired) electrons. The van der Waals surface area contributed by atoms with E-state index >= 15 is 0 Å². The van der Waals surface area contributed by atoms with E-state index in [1.54, 1.807) is 7.11 Å². The molecule has 2 heterocycles. The normalized spacial score (nSPS) is 17.1. The molecule has 0 bridgehead atoms. The number of thiazole rings is 1. The van der Waals surface area contributed by atoms with Crippen molar-refractivity contribution in [2.75, 3.05) is 25.5 Å². The zero-order chi connectivity index (χ0) is 22.7. The summed E-state index contributed by atoms with van der Waals surface area (Å²) < 4.78 is 32.5. The van der Waals surface area contributed by atoms with Crippen molar-refractivity contribution in [3.8, 4) is 17.0 Å². The molecule has 1 unspecified atom stereocenters. The number of carbonyl (C=O) groups is 1. The minimum atomic E-state index is -3.55. The van der Waals surface area contributed by atoms with Gasteiger partial charge in [-0.2, -0.15) is 4.31 Å². The molecule has 9 heteroatoms. The summed E-state index contributed by atoms with van der Waals surface area (Å²) in [6, 6.07) is 13.6. The molecule has 2 aromatic carbocycles. The Morgan fingerprint density at radius 1 is 1.16 bits per heavy atom. The molecule has 3 aromatic rings. The van der Waals surface area contributed by atoms with Crippen LogP contribution in [-0.4, -0.2) is 43.8 Å². The summed E-state index contributed by atoms with van der Waals surface area (Å²) in [4.78, 5) is 17.3. The number of hydrogen-bond donors (Lipinski definition) is 1. The van der Waals surface area contributed by atoms with Crippen molar-refractivity contribution in [2.24, 2.45) is 5.92 Å². The number of nitrogens with one attached hydrogen (secondary N) is 1. The van der Waals surface area contributed by atoms with Crippen LogP contribution in [0.2, 0.25) is 0 Å². The van der Waals surface area contributed by atoms with Crippen molar-refractivity contribution in [3.63, 3.8) is 0 Å². The number of benzene rings is 2. The standard InChI is InChI=1S/C23H25N3O4S2/c1-16-4-3-13-26(14-16)32(28,29)20-11-7-18(8-12-20)22(27)25-23-24-21(15-31-23)17-5-9-19(30-2)10-6-17/h5-12,15-16H,3-4,13-14H2,1-2H3,(H,24,25,27). The number of sulfonamides is 1. The number of methoxy groups -OCH3 is 1. The van der Waals surface area contributed by atoms with E-state index < -0.39 is 10.0 Å². The lowest BCUT2D eigenvalue weighted by Crippen LogP contribution is -2.39. The Kier molecular flexibility index (Phi) is 6.59. The van der Waals surface area contributed by atoms with Gasteiger partial charge in [-0.3, -0.25) is 10.1 Å². The van der Waals surface area contributed by atoms with E-state index in [1.165, 1.54) is 39.9 Å². The van der Waals surface area contributed by atoms with Crippen molar-refractivity contribution < 1.29 is 17.9 Å². The van der Waals surface area contributed by atoms with E-state index in [0.29, 0.717) is 29.7 Å². The number of rotatable bonds is 6. The molecule has 168 valence electrons. The topological polar surface area (TPSA) is 88.6 Å². The van der Waals surface area contributed by atoms with Gasteiger partial charge >= 0.3 is 0 Å². The molecular formula is C23H25N3O4S2. The second kappa shape index (κ2) is 9.40. The first kappa shape index (κ1) is 22.4. The molecule has 1 fully saturated rings. The van der Waals surface area contributed by atoms with Gasteiger partial charge in [-0.05, 0) is 67.3 Å². The summed E-state index contributed by atoms with van der Waals surface area (Å²) in [6.45, 7) is 3.13. The number of nitrogens with zero attached hydrogens (tertiary/aromatic N) is 2. The van der Waals surface area contributed by atoms with Crippen LogP contribution in [-0.2, 0) is 10.0 Å². The quantitative estimate of drug-likeness (QED) is 0.572. The predicted molar refractivity (Wildman–Crippen MR) is 126 cm³/mol. The number of aromatic nitrogens is 1. The third-order valence-electron chi connectivity index (χ3n) is 5.48. The number of amides is 1. The zero-order valence-corrected chi connectivity index (χ0v) is 19.6. The highest BCUT2D eigenvalue weighted by Gasteiger charge is 2.28. The van der Waals surface area contributed by atoms with Gasteiger partial charge in [0.15, 0.2) is 5.13 Å². The lowest BCUT2D eigenvalue weighted by Gasteiger charge is -2.30. The number of hydrogen-bond acceptors (Lipinski definition) is 6. The second-order valence-electron chi connectivity index (χ2n) is 7.86. The van der Waals surface area contributed by atoms with Crippen LogP contribution in [0.4, 0.5) is 5.13 Å².